The fourth-order valence-electron chi connectivity index (χ4n) is 14.4. The largest absolute Gasteiger partial charge is 0.388 e. The molecule has 2 spiro atoms. The molecule has 7 heteroatoms. The van der Waals surface area contributed by atoms with Gasteiger partial charge in [-0.1, -0.05) is 20.8 Å². The zero-order chi connectivity index (χ0) is 34.1. The van der Waals surface area contributed by atoms with Gasteiger partial charge in [0.05, 0.1) is 37.1 Å². The van der Waals surface area contributed by atoms with Crippen LogP contribution in [0.25, 0.3) is 0 Å². The second kappa shape index (κ2) is 11.6. The summed E-state index contributed by atoms with van der Waals surface area (Å²) in [6.07, 6.45) is 13.2. The van der Waals surface area contributed by atoms with Gasteiger partial charge in [0.15, 0.2) is 6.29 Å². The number of nitrogens with zero attached hydrogens (tertiary/aromatic N) is 2. The number of ether oxygens (including phenoxy) is 4. The highest BCUT2D eigenvalue weighted by molar-refractivity contribution is 5.29. The third-order valence-corrected chi connectivity index (χ3v) is 16.9. The van der Waals surface area contributed by atoms with Gasteiger partial charge in [0, 0.05) is 37.8 Å². The van der Waals surface area contributed by atoms with Crippen LogP contribution in [-0.2, 0) is 18.9 Å². The molecule has 0 aromatic rings. The van der Waals surface area contributed by atoms with E-state index in [1.165, 1.54) is 57.8 Å². The van der Waals surface area contributed by atoms with E-state index in [-0.39, 0.29) is 35.6 Å². The van der Waals surface area contributed by atoms with E-state index in [0.717, 1.165) is 57.0 Å². The Labute approximate surface area is 292 Å². The second-order valence-electron chi connectivity index (χ2n) is 20.2. The van der Waals surface area contributed by atoms with Crippen molar-refractivity contribution in [3.05, 3.63) is 0 Å². The second-order valence-corrected chi connectivity index (χ2v) is 20.2. The molecule has 274 valence electrons. The van der Waals surface area contributed by atoms with E-state index < -0.39 is 5.60 Å². The molecule has 7 nitrogen and oxygen atoms in total. The highest BCUT2D eigenvalue weighted by atomic mass is 16.7. The Morgan fingerprint density at radius 2 is 1.67 bits per heavy atom. The highest BCUT2D eigenvalue weighted by Gasteiger charge is 2.80. The van der Waals surface area contributed by atoms with Crippen molar-refractivity contribution in [3.63, 3.8) is 0 Å². The minimum atomic E-state index is -0.895. The molecular formula is C41H70N2O5. The number of hydrogen-bond donors (Lipinski definition) is 1. The van der Waals surface area contributed by atoms with E-state index in [1.807, 2.05) is 20.8 Å². The smallest absolute Gasteiger partial charge is 0.170 e. The van der Waals surface area contributed by atoms with Crippen LogP contribution in [0.3, 0.4) is 0 Å². The first-order chi connectivity index (χ1) is 22.6. The Hall–Kier alpha value is -0.280. The van der Waals surface area contributed by atoms with Gasteiger partial charge >= 0.3 is 0 Å². The summed E-state index contributed by atoms with van der Waals surface area (Å²) in [4.78, 5) is 5.26. The van der Waals surface area contributed by atoms with E-state index in [1.54, 1.807) is 0 Å². The molecule has 0 bridgehead atoms. The molecule has 3 heterocycles. The normalized spacial score (nSPS) is 48.8. The molecule has 48 heavy (non-hydrogen) atoms. The van der Waals surface area contributed by atoms with Crippen LogP contribution in [0.1, 0.15) is 127 Å². The molecule has 8 rings (SSSR count). The van der Waals surface area contributed by atoms with Crippen LogP contribution < -0.4 is 0 Å². The highest BCUT2D eigenvalue weighted by Crippen LogP contribution is 2.87. The molecular weight excluding hydrogens is 600 g/mol. The first-order valence-corrected chi connectivity index (χ1v) is 20.3. The summed E-state index contributed by atoms with van der Waals surface area (Å²) in [5.41, 5.74) is 0.960. The molecule has 0 aromatic carbocycles. The van der Waals surface area contributed by atoms with Gasteiger partial charge in [0.2, 0.25) is 0 Å². The van der Waals surface area contributed by atoms with Crippen LogP contribution in [0.5, 0.6) is 0 Å². The minimum absolute atomic E-state index is 0.00506. The van der Waals surface area contributed by atoms with Gasteiger partial charge in [0.1, 0.15) is 6.10 Å². The number of hydrogen-bond acceptors (Lipinski definition) is 7. The quantitative estimate of drug-likeness (QED) is 0.302. The lowest BCUT2D eigenvalue weighted by molar-refractivity contribution is -0.257. The zero-order valence-electron chi connectivity index (χ0n) is 32.1. The summed E-state index contributed by atoms with van der Waals surface area (Å²) in [7, 11) is 0. The van der Waals surface area contributed by atoms with Gasteiger partial charge in [-0.25, -0.2) is 0 Å². The molecule has 1 N–H and O–H groups in total. The van der Waals surface area contributed by atoms with Gasteiger partial charge in [-0.2, -0.15) is 0 Å². The maximum atomic E-state index is 11.0. The summed E-state index contributed by atoms with van der Waals surface area (Å²) >= 11 is 0. The third-order valence-electron chi connectivity index (χ3n) is 16.9. The van der Waals surface area contributed by atoms with Gasteiger partial charge in [-0.15, -0.1) is 0 Å². The van der Waals surface area contributed by atoms with Gasteiger partial charge < -0.3 is 24.1 Å². The average Bonchev–Trinajstić information content (AvgIpc) is 3.59. The first-order valence-electron chi connectivity index (χ1n) is 20.3. The molecule has 8 aliphatic rings. The Morgan fingerprint density at radius 3 is 2.38 bits per heavy atom. The SMILES string of the molecule is CCOC(C1CCC2C(CC3C4CCC5C(C)(C)C(OC6CN(C7(C)CN(C(C)C)C7)CCO6)CCC56CC46CCC23C)O1)C(C)(C)O. The van der Waals surface area contributed by atoms with Crippen LogP contribution in [0.15, 0.2) is 0 Å². The van der Waals surface area contributed by atoms with Crippen molar-refractivity contribution < 1.29 is 24.1 Å². The van der Waals surface area contributed by atoms with Gasteiger partial charge in [0.25, 0.3) is 0 Å². The van der Waals surface area contributed by atoms with E-state index >= 15 is 0 Å². The Balaban J connectivity index is 0.941. The summed E-state index contributed by atoms with van der Waals surface area (Å²) in [5.74, 6) is 3.01. The molecule has 3 aliphatic heterocycles. The maximum Gasteiger partial charge on any atom is 0.170 e. The van der Waals surface area contributed by atoms with E-state index in [0.29, 0.717) is 40.9 Å². The summed E-state index contributed by atoms with van der Waals surface area (Å²) in [6.45, 7) is 26.3. The monoisotopic (exact) mass is 671 g/mol. The summed E-state index contributed by atoms with van der Waals surface area (Å²) in [6, 6.07) is 0.622. The third kappa shape index (κ3) is 5.04. The lowest BCUT2D eigenvalue weighted by atomic mass is 9.46. The van der Waals surface area contributed by atoms with Crippen molar-refractivity contribution in [2.24, 2.45) is 45.3 Å². The van der Waals surface area contributed by atoms with Gasteiger partial charge in [-0.3, -0.25) is 9.80 Å². The number of aliphatic hydroxyl groups is 1. The fourth-order valence-corrected chi connectivity index (χ4v) is 14.4. The molecule has 0 aromatic heterocycles. The Kier molecular flexibility index (Phi) is 8.41. The molecule has 3 saturated heterocycles. The Morgan fingerprint density at radius 1 is 0.917 bits per heavy atom. The predicted molar refractivity (Wildman–Crippen MR) is 189 cm³/mol. The Bertz CT molecular complexity index is 1210. The maximum absolute atomic E-state index is 11.0. The standard InChI is InChI=1S/C41H70N2O5/c1-10-45-35(37(6,7)44)30-13-11-28-31(47-30)21-29-27-12-14-32-36(4,5)33(15-16-41(32)23-40(27,41)18-17-39(28,29)9)48-34-22-43(19-20-46-34)38(8)24-42(25-38)26(2)3/h26-35,44H,10-25H2,1-9H3. The van der Waals surface area contributed by atoms with Crippen molar-refractivity contribution in [1.82, 2.24) is 9.80 Å². The lowest BCUT2D eigenvalue weighted by Crippen LogP contribution is -2.72. The van der Waals surface area contributed by atoms with Crippen LogP contribution in [0.4, 0.5) is 0 Å². The van der Waals surface area contributed by atoms with E-state index in [4.69, 9.17) is 18.9 Å². The van der Waals surface area contributed by atoms with E-state index in [9.17, 15) is 5.11 Å². The van der Waals surface area contributed by atoms with Crippen molar-refractivity contribution in [3.8, 4) is 0 Å². The summed E-state index contributed by atoms with van der Waals surface area (Å²) < 4.78 is 26.5. The predicted octanol–water partition coefficient (Wildman–Crippen LogP) is 6.90. The van der Waals surface area contributed by atoms with Crippen molar-refractivity contribution in [2.45, 2.75) is 174 Å². The molecule has 12 unspecified atom stereocenters. The van der Waals surface area contributed by atoms with Crippen LogP contribution in [0, 0.1) is 45.3 Å². The molecule has 0 amide bonds. The number of fused-ring (bicyclic) bond motifs is 4. The van der Waals surface area contributed by atoms with E-state index in [2.05, 4.69) is 51.3 Å². The van der Waals surface area contributed by atoms with Crippen LogP contribution in [0.2, 0.25) is 0 Å². The fraction of sp³-hybridized carbons (Fsp3) is 1.00. The molecule has 5 aliphatic carbocycles. The number of likely N-dealkylation sites (tertiary alicyclic amines) is 1. The molecule has 12 atom stereocenters. The van der Waals surface area contributed by atoms with Crippen LogP contribution >= 0.6 is 0 Å². The number of rotatable bonds is 8. The number of morpholine rings is 1. The topological polar surface area (TPSA) is 63.6 Å². The van der Waals surface area contributed by atoms with Crippen molar-refractivity contribution in [1.29, 1.82) is 0 Å². The zero-order valence-corrected chi connectivity index (χ0v) is 32.1. The first kappa shape index (κ1) is 34.8. The molecule has 0 radical (unpaired) electrons. The van der Waals surface area contributed by atoms with Crippen molar-refractivity contribution >= 4 is 0 Å². The molecule has 5 saturated carbocycles. The summed E-state index contributed by atoms with van der Waals surface area (Å²) in [5, 5.41) is 11.0. The van der Waals surface area contributed by atoms with Crippen molar-refractivity contribution in [2.75, 3.05) is 39.4 Å². The minimum Gasteiger partial charge on any atom is -0.388 e. The molecule has 8 fully saturated rings. The van der Waals surface area contributed by atoms with Gasteiger partial charge in [-0.05, 0) is 151 Å². The van der Waals surface area contributed by atoms with Crippen LogP contribution in [-0.4, -0.2) is 102 Å². The average molecular weight is 671 g/mol. The lowest BCUT2D eigenvalue weighted by Gasteiger charge is -2.60.